The summed E-state index contributed by atoms with van der Waals surface area (Å²) in [5, 5.41) is 8.84. The highest BCUT2D eigenvalue weighted by Gasteiger charge is 2.28. The Morgan fingerprint density at radius 3 is 2.50 bits per heavy atom. The van der Waals surface area contributed by atoms with Gasteiger partial charge in [-0.05, 0) is 70.0 Å². The van der Waals surface area contributed by atoms with Crippen LogP contribution in [0.3, 0.4) is 0 Å². The fourth-order valence-electron chi connectivity index (χ4n) is 5.75. The van der Waals surface area contributed by atoms with Crippen molar-refractivity contribution in [2.75, 3.05) is 19.6 Å². The number of guanidine groups is 1. The van der Waals surface area contributed by atoms with Gasteiger partial charge in [0, 0.05) is 43.2 Å². The summed E-state index contributed by atoms with van der Waals surface area (Å²) < 4.78 is 1.99. The van der Waals surface area contributed by atoms with Crippen molar-refractivity contribution in [1.29, 1.82) is 5.41 Å². The smallest absolute Gasteiger partial charge is 0.254 e. The lowest BCUT2D eigenvalue weighted by Crippen LogP contribution is -2.44. The summed E-state index contributed by atoms with van der Waals surface area (Å²) in [5.74, 6) is 0.246. The third-order valence-electron chi connectivity index (χ3n) is 7.67. The molecule has 0 radical (unpaired) electrons. The van der Waals surface area contributed by atoms with Crippen molar-refractivity contribution >= 4 is 16.9 Å². The molecule has 0 amide bonds. The number of likely N-dealkylation sites (tertiary alicyclic amines) is 2. The Balaban J connectivity index is 1.44. The standard InChI is InChI=1S/C26H39N5O/c1-19-9-8-10-20(2)30(19)14-6-3-7-15-31-24-12-5-4-11-21(24)17-23(25(31)32)22-13-16-29(18-22)26(27)28/h4-5,11-12,17,19-20,22H,3,6-10,13-16,18H2,1-2H3,(H3,27,28)/t19-,20+,22?. The quantitative estimate of drug-likeness (QED) is 0.388. The molecule has 3 N–H and O–H groups in total. The average molecular weight is 438 g/mol. The normalized spacial score (nSPS) is 24.3. The number of para-hydroxylation sites is 1. The molecule has 6 nitrogen and oxygen atoms in total. The number of hydrogen-bond donors (Lipinski definition) is 2. The number of nitrogens with two attached hydrogens (primary N) is 1. The maximum Gasteiger partial charge on any atom is 0.254 e. The Morgan fingerprint density at radius 2 is 1.78 bits per heavy atom. The summed E-state index contributed by atoms with van der Waals surface area (Å²) >= 11 is 0. The summed E-state index contributed by atoms with van der Waals surface area (Å²) in [7, 11) is 0. The molecule has 2 aromatic rings. The van der Waals surface area contributed by atoms with Crippen LogP contribution in [0.4, 0.5) is 0 Å². The fraction of sp³-hybridized carbons (Fsp3) is 0.615. The lowest BCUT2D eigenvalue weighted by Gasteiger charge is -2.39. The molecule has 2 fully saturated rings. The molecule has 3 heterocycles. The van der Waals surface area contributed by atoms with E-state index in [0.29, 0.717) is 18.6 Å². The molecular weight excluding hydrogens is 398 g/mol. The molecule has 0 aliphatic carbocycles. The van der Waals surface area contributed by atoms with Gasteiger partial charge in [-0.2, -0.15) is 0 Å². The van der Waals surface area contributed by atoms with Gasteiger partial charge in [-0.25, -0.2) is 0 Å². The van der Waals surface area contributed by atoms with Gasteiger partial charge in [0.2, 0.25) is 0 Å². The predicted octanol–water partition coefficient (Wildman–Crippen LogP) is 4.12. The van der Waals surface area contributed by atoms with E-state index < -0.39 is 0 Å². The molecule has 0 saturated carbocycles. The van der Waals surface area contributed by atoms with Gasteiger partial charge in [0.15, 0.2) is 5.96 Å². The van der Waals surface area contributed by atoms with Crippen LogP contribution in [0.15, 0.2) is 35.1 Å². The van der Waals surface area contributed by atoms with Crippen LogP contribution in [0.1, 0.15) is 70.3 Å². The molecule has 174 valence electrons. The molecule has 0 spiro atoms. The zero-order valence-electron chi connectivity index (χ0n) is 19.7. The fourth-order valence-corrected chi connectivity index (χ4v) is 5.75. The maximum atomic E-state index is 13.5. The van der Waals surface area contributed by atoms with Gasteiger partial charge in [0.25, 0.3) is 5.56 Å². The van der Waals surface area contributed by atoms with Crippen molar-refractivity contribution in [3.63, 3.8) is 0 Å². The van der Waals surface area contributed by atoms with E-state index in [0.717, 1.165) is 48.8 Å². The molecular formula is C26H39N5O. The van der Waals surface area contributed by atoms with Gasteiger partial charge in [-0.1, -0.05) is 31.0 Å². The van der Waals surface area contributed by atoms with Crippen LogP contribution in [0.2, 0.25) is 0 Å². The molecule has 1 unspecified atom stereocenters. The number of benzene rings is 1. The molecule has 2 aliphatic heterocycles. The molecule has 3 atom stereocenters. The van der Waals surface area contributed by atoms with Crippen LogP contribution < -0.4 is 11.3 Å². The maximum absolute atomic E-state index is 13.5. The minimum atomic E-state index is 0.103. The third-order valence-corrected chi connectivity index (χ3v) is 7.67. The predicted molar refractivity (Wildman–Crippen MR) is 132 cm³/mol. The number of nitrogens with zero attached hydrogens (tertiary/aromatic N) is 3. The van der Waals surface area contributed by atoms with E-state index in [-0.39, 0.29) is 17.4 Å². The Hall–Kier alpha value is -2.34. The van der Waals surface area contributed by atoms with Gasteiger partial charge >= 0.3 is 0 Å². The van der Waals surface area contributed by atoms with E-state index in [4.69, 9.17) is 11.1 Å². The van der Waals surface area contributed by atoms with Crippen LogP contribution in [0, 0.1) is 5.41 Å². The van der Waals surface area contributed by atoms with Crippen molar-refractivity contribution < 1.29 is 0 Å². The number of hydrogen-bond acceptors (Lipinski definition) is 3. The van der Waals surface area contributed by atoms with Gasteiger partial charge in [-0.15, -0.1) is 0 Å². The molecule has 1 aromatic carbocycles. The molecule has 4 rings (SSSR count). The van der Waals surface area contributed by atoms with Crippen LogP contribution in [0.5, 0.6) is 0 Å². The number of piperidine rings is 1. The van der Waals surface area contributed by atoms with Crippen LogP contribution in [-0.4, -0.2) is 52.0 Å². The second-order valence-corrected chi connectivity index (χ2v) is 9.86. The highest BCUT2D eigenvalue weighted by molar-refractivity contribution is 5.80. The van der Waals surface area contributed by atoms with E-state index in [1.54, 1.807) is 0 Å². The Kier molecular flexibility index (Phi) is 7.19. The summed E-state index contributed by atoms with van der Waals surface area (Å²) in [6, 6.07) is 11.7. The first kappa shape index (κ1) is 22.8. The summed E-state index contributed by atoms with van der Waals surface area (Å²) in [6.45, 7) is 8.07. The van der Waals surface area contributed by atoms with E-state index >= 15 is 0 Å². The molecule has 1 aromatic heterocycles. The van der Waals surface area contributed by atoms with Crippen molar-refractivity contribution in [2.45, 2.75) is 83.3 Å². The lowest BCUT2D eigenvalue weighted by molar-refractivity contribution is 0.101. The lowest BCUT2D eigenvalue weighted by atomic mass is 9.97. The van der Waals surface area contributed by atoms with Crippen molar-refractivity contribution in [3.05, 3.63) is 46.2 Å². The van der Waals surface area contributed by atoms with E-state index in [1.165, 1.54) is 32.2 Å². The minimum Gasteiger partial charge on any atom is -0.370 e. The highest BCUT2D eigenvalue weighted by Crippen LogP contribution is 2.27. The van der Waals surface area contributed by atoms with E-state index in [2.05, 4.69) is 36.9 Å². The van der Waals surface area contributed by atoms with Gasteiger partial charge in [0.05, 0.1) is 5.52 Å². The molecule has 32 heavy (non-hydrogen) atoms. The van der Waals surface area contributed by atoms with Gasteiger partial charge in [-0.3, -0.25) is 15.1 Å². The van der Waals surface area contributed by atoms with Gasteiger partial charge in [0.1, 0.15) is 0 Å². The highest BCUT2D eigenvalue weighted by atomic mass is 16.1. The van der Waals surface area contributed by atoms with E-state index in [9.17, 15) is 4.79 Å². The molecule has 6 heteroatoms. The van der Waals surface area contributed by atoms with Crippen molar-refractivity contribution in [2.24, 2.45) is 5.73 Å². The number of fused-ring (bicyclic) bond motifs is 1. The summed E-state index contributed by atoms with van der Waals surface area (Å²) in [4.78, 5) is 18.0. The van der Waals surface area contributed by atoms with Crippen LogP contribution in [0.25, 0.3) is 10.9 Å². The monoisotopic (exact) mass is 437 g/mol. The first-order valence-corrected chi connectivity index (χ1v) is 12.4. The Bertz CT molecular complexity index is 989. The molecule has 2 saturated heterocycles. The number of aromatic nitrogens is 1. The number of unbranched alkanes of at least 4 members (excludes halogenated alkanes) is 2. The van der Waals surface area contributed by atoms with Crippen LogP contribution in [-0.2, 0) is 6.54 Å². The third kappa shape index (κ3) is 4.85. The number of nitrogens with one attached hydrogen (secondary N) is 1. The minimum absolute atomic E-state index is 0.103. The zero-order chi connectivity index (χ0) is 22.7. The number of pyridine rings is 1. The number of aryl methyl sites for hydroxylation is 1. The zero-order valence-corrected chi connectivity index (χ0v) is 19.7. The Morgan fingerprint density at radius 1 is 1.06 bits per heavy atom. The second-order valence-electron chi connectivity index (χ2n) is 9.86. The van der Waals surface area contributed by atoms with Gasteiger partial charge < -0.3 is 15.2 Å². The van der Waals surface area contributed by atoms with E-state index in [1.807, 2.05) is 21.6 Å². The van der Waals surface area contributed by atoms with Crippen molar-refractivity contribution in [1.82, 2.24) is 14.4 Å². The largest absolute Gasteiger partial charge is 0.370 e. The first-order valence-electron chi connectivity index (χ1n) is 12.4. The summed E-state index contributed by atoms with van der Waals surface area (Å²) in [6.07, 6.45) is 8.23. The number of rotatable bonds is 7. The topological polar surface area (TPSA) is 78.4 Å². The first-order chi connectivity index (χ1) is 15.5. The van der Waals surface area contributed by atoms with Crippen LogP contribution >= 0.6 is 0 Å². The average Bonchev–Trinajstić information content (AvgIpc) is 3.27. The second kappa shape index (κ2) is 10.1. The molecule has 2 aliphatic rings. The molecule has 0 bridgehead atoms. The Labute approximate surface area is 191 Å². The SMILES string of the molecule is C[C@@H]1CCC[C@H](C)N1CCCCCn1c(=O)c(C2CCN(C(=N)N)C2)cc2ccccc21. The summed E-state index contributed by atoms with van der Waals surface area (Å²) in [5.41, 5.74) is 7.73. The van der Waals surface area contributed by atoms with Crippen molar-refractivity contribution in [3.8, 4) is 0 Å².